The van der Waals surface area contributed by atoms with Crippen molar-refractivity contribution in [2.24, 2.45) is 5.10 Å². The fourth-order valence-electron chi connectivity index (χ4n) is 2.30. The Bertz CT molecular complexity index is 920. The maximum Gasteiger partial charge on any atom is 0.339 e. The van der Waals surface area contributed by atoms with Gasteiger partial charge in [0.15, 0.2) is 0 Å². The van der Waals surface area contributed by atoms with E-state index in [9.17, 15) is 4.79 Å². The van der Waals surface area contributed by atoms with Crippen LogP contribution in [0.3, 0.4) is 0 Å². The molecule has 1 N–H and O–H groups in total. The fraction of sp³-hybridized carbons (Fsp3) is 0.100. The number of nitrogens with one attached hydrogen (secondary N) is 1. The van der Waals surface area contributed by atoms with Gasteiger partial charge in [-0.1, -0.05) is 29.8 Å². The summed E-state index contributed by atoms with van der Waals surface area (Å²) in [7, 11) is 0. The van der Waals surface area contributed by atoms with Gasteiger partial charge >= 0.3 is 5.97 Å². The number of hydrogen-bond donors (Lipinski definition) is 1. The molecule has 0 aliphatic rings. The third kappa shape index (κ3) is 4.32. The van der Waals surface area contributed by atoms with E-state index >= 15 is 0 Å². The number of carbonyl (C=O) groups is 1. The second-order valence-electron chi connectivity index (χ2n) is 5.35. The van der Waals surface area contributed by atoms with Gasteiger partial charge in [0, 0.05) is 5.56 Å². The van der Waals surface area contributed by atoms with E-state index in [4.69, 9.17) is 20.8 Å². The number of furan rings is 1. The average Bonchev–Trinajstić information content (AvgIpc) is 3.12. The number of carbonyl (C=O) groups excluding carboxylic acids is 1. The molecule has 6 heteroatoms. The van der Waals surface area contributed by atoms with Crippen LogP contribution >= 0.6 is 11.6 Å². The molecule has 0 atom stereocenters. The van der Waals surface area contributed by atoms with E-state index in [2.05, 4.69) is 10.5 Å². The number of halogens is 1. The summed E-state index contributed by atoms with van der Waals surface area (Å²) in [5.41, 5.74) is 4.84. The van der Waals surface area contributed by atoms with Crippen LogP contribution in [0.15, 0.2) is 70.2 Å². The predicted octanol–water partition coefficient (Wildman–Crippen LogP) is 5.22. The molecule has 1 aromatic heterocycles. The van der Waals surface area contributed by atoms with Gasteiger partial charge in [-0.2, -0.15) is 5.10 Å². The van der Waals surface area contributed by atoms with E-state index in [0.29, 0.717) is 22.1 Å². The Morgan fingerprint density at radius 3 is 2.77 bits per heavy atom. The Balaban J connectivity index is 1.75. The second-order valence-corrected chi connectivity index (χ2v) is 5.76. The maximum absolute atomic E-state index is 12.0. The number of anilines is 1. The number of esters is 1. The molecule has 26 heavy (non-hydrogen) atoms. The smallest absolute Gasteiger partial charge is 0.339 e. The van der Waals surface area contributed by atoms with Crippen LogP contribution in [-0.2, 0) is 4.74 Å². The number of ether oxygens (including phenoxy) is 1. The van der Waals surface area contributed by atoms with Crippen molar-refractivity contribution >= 4 is 29.5 Å². The summed E-state index contributed by atoms with van der Waals surface area (Å²) in [6, 6.07) is 18.3. The maximum atomic E-state index is 12.0. The van der Waals surface area contributed by atoms with E-state index in [1.165, 1.54) is 0 Å². The fourth-order valence-corrected chi connectivity index (χ4v) is 2.50. The molecule has 0 radical (unpaired) electrons. The summed E-state index contributed by atoms with van der Waals surface area (Å²) in [4.78, 5) is 12.0. The standard InChI is InChI=1S/C20H17ClN2O3/c1-2-25-20(24)17-12-14(8-10-18(17)21)19-11-9-16(26-19)13-22-23-15-6-4-3-5-7-15/h3-13,23H,2H2,1H3/b22-13-. The van der Waals surface area contributed by atoms with E-state index < -0.39 is 5.97 Å². The summed E-state index contributed by atoms with van der Waals surface area (Å²) in [6.07, 6.45) is 1.58. The molecule has 132 valence electrons. The zero-order valence-electron chi connectivity index (χ0n) is 14.1. The van der Waals surface area contributed by atoms with Gasteiger partial charge in [-0.3, -0.25) is 5.43 Å². The largest absolute Gasteiger partial charge is 0.462 e. The van der Waals surface area contributed by atoms with Gasteiger partial charge in [0.2, 0.25) is 0 Å². The number of hydrogen-bond acceptors (Lipinski definition) is 5. The SMILES string of the molecule is CCOC(=O)c1cc(-c2ccc(/C=N\Nc3ccccc3)o2)ccc1Cl. The molecule has 0 aliphatic carbocycles. The first-order valence-electron chi connectivity index (χ1n) is 8.08. The van der Waals surface area contributed by atoms with Crippen LogP contribution < -0.4 is 5.43 Å². The molecule has 3 rings (SSSR count). The molecule has 3 aromatic rings. The van der Waals surface area contributed by atoms with Crippen molar-refractivity contribution < 1.29 is 13.9 Å². The summed E-state index contributed by atoms with van der Waals surface area (Å²) >= 11 is 6.09. The summed E-state index contributed by atoms with van der Waals surface area (Å²) in [5.74, 6) is 0.726. The minimum absolute atomic E-state index is 0.287. The lowest BCUT2D eigenvalue weighted by Gasteiger charge is -2.05. The zero-order chi connectivity index (χ0) is 18.4. The quantitative estimate of drug-likeness (QED) is 0.368. The minimum atomic E-state index is -0.459. The molecule has 0 aliphatic heterocycles. The lowest BCUT2D eigenvalue weighted by atomic mass is 10.1. The molecule has 0 bridgehead atoms. The third-order valence-corrected chi connectivity index (χ3v) is 3.86. The number of benzene rings is 2. The van der Waals surface area contributed by atoms with Crippen molar-refractivity contribution in [1.29, 1.82) is 0 Å². The van der Waals surface area contributed by atoms with Crippen molar-refractivity contribution in [2.45, 2.75) is 6.92 Å². The van der Waals surface area contributed by atoms with Crippen molar-refractivity contribution in [3.63, 3.8) is 0 Å². The average molecular weight is 369 g/mol. The molecule has 0 spiro atoms. The molecular weight excluding hydrogens is 352 g/mol. The van der Waals surface area contributed by atoms with Crippen LogP contribution in [-0.4, -0.2) is 18.8 Å². The summed E-state index contributed by atoms with van der Waals surface area (Å²) < 4.78 is 10.8. The topological polar surface area (TPSA) is 63.8 Å². The molecule has 0 unspecified atom stereocenters. The van der Waals surface area contributed by atoms with Crippen molar-refractivity contribution in [2.75, 3.05) is 12.0 Å². The van der Waals surface area contributed by atoms with Crippen LogP contribution in [0.5, 0.6) is 0 Å². The van der Waals surface area contributed by atoms with Crippen LogP contribution in [0.4, 0.5) is 5.69 Å². The first-order chi connectivity index (χ1) is 12.7. The van der Waals surface area contributed by atoms with Crippen LogP contribution in [0.25, 0.3) is 11.3 Å². The highest BCUT2D eigenvalue weighted by molar-refractivity contribution is 6.33. The molecule has 2 aromatic carbocycles. The van der Waals surface area contributed by atoms with Crippen molar-refractivity contribution in [1.82, 2.24) is 0 Å². The lowest BCUT2D eigenvalue weighted by Crippen LogP contribution is -2.05. The minimum Gasteiger partial charge on any atom is -0.462 e. The van der Waals surface area contributed by atoms with Gasteiger partial charge in [-0.25, -0.2) is 4.79 Å². The van der Waals surface area contributed by atoms with E-state index in [-0.39, 0.29) is 6.61 Å². The monoisotopic (exact) mass is 368 g/mol. The number of hydrazone groups is 1. The second kappa shape index (κ2) is 8.36. The first kappa shape index (κ1) is 17.8. The van der Waals surface area contributed by atoms with Gasteiger partial charge in [0.05, 0.1) is 29.1 Å². The van der Waals surface area contributed by atoms with Crippen LogP contribution in [0.2, 0.25) is 5.02 Å². The number of para-hydroxylation sites is 1. The highest BCUT2D eigenvalue weighted by atomic mass is 35.5. The number of nitrogens with zero attached hydrogens (tertiary/aromatic N) is 1. The molecule has 0 saturated carbocycles. The van der Waals surface area contributed by atoms with E-state index in [1.807, 2.05) is 36.4 Å². The lowest BCUT2D eigenvalue weighted by molar-refractivity contribution is 0.0526. The van der Waals surface area contributed by atoms with E-state index in [1.54, 1.807) is 37.4 Å². The van der Waals surface area contributed by atoms with Gasteiger partial charge in [-0.05, 0) is 49.4 Å². The first-order valence-corrected chi connectivity index (χ1v) is 8.46. The Labute approximate surface area is 156 Å². The Kier molecular flexibility index (Phi) is 5.71. The third-order valence-electron chi connectivity index (χ3n) is 3.53. The van der Waals surface area contributed by atoms with Crippen LogP contribution in [0, 0.1) is 0 Å². The summed E-state index contributed by atoms with van der Waals surface area (Å²) in [6.45, 7) is 2.03. The zero-order valence-corrected chi connectivity index (χ0v) is 14.9. The predicted molar refractivity (Wildman–Crippen MR) is 103 cm³/mol. The van der Waals surface area contributed by atoms with Crippen molar-refractivity contribution in [3.05, 3.63) is 77.0 Å². The number of rotatable bonds is 6. The molecule has 1 heterocycles. The van der Waals surface area contributed by atoms with Gasteiger partial charge in [0.1, 0.15) is 11.5 Å². The Hall–Kier alpha value is -3.05. The molecule has 0 fully saturated rings. The molecule has 0 saturated heterocycles. The van der Waals surface area contributed by atoms with Crippen molar-refractivity contribution in [3.8, 4) is 11.3 Å². The Morgan fingerprint density at radius 2 is 2.00 bits per heavy atom. The normalized spacial score (nSPS) is 10.8. The van der Waals surface area contributed by atoms with Gasteiger partial charge in [0.25, 0.3) is 0 Å². The Morgan fingerprint density at radius 1 is 1.19 bits per heavy atom. The van der Waals surface area contributed by atoms with Gasteiger partial charge in [-0.15, -0.1) is 0 Å². The highest BCUT2D eigenvalue weighted by Gasteiger charge is 2.14. The van der Waals surface area contributed by atoms with Gasteiger partial charge < -0.3 is 9.15 Å². The molecular formula is C20H17ClN2O3. The van der Waals surface area contributed by atoms with Crippen LogP contribution in [0.1, 0.15) is 23.0 Å². The van der Waals surface area contributed by atoms with E-state index in [0.717, 1.165) is 11.3 Å². The summed E-state index contributed by atoms with van der Waals surface area (Å²) in [5, 5.41) is 4.48. The molecule has 0 amide bonds. The molecule has 5 nitrogen and oxygen atoms in total. The highest BCUT2D eigenvalue weighted by Crippen LogP contribution is 2.27.